The molecular formula is C25H32N8O4. The van der Waals surface area contributed by atoms with Crippen LogP contribution in [0.2, 0.25) is 0 Å². The van der Waals surface area contributed by atoms with Gasteiger partial charge in [-0.15, -0.1) is 10.2 Å². The second kappa shape index (κ2) is 12.9. The van der Waals surface area contributed by atoms with E-state index in [1.165, 1.54) is 14.2 Å². The maximum Gasteiger partial charge on any atom is 0.337 e. The maximum atomic E-state index is 11.6. The molecule has 0 radical (unpaired) electrons. The van der Waals surface area contributed by atoms with E-state index in [1.807, 2.05) is 10.0 Å². The largest absolute Gasteiger partial charge is 0.465 e. The fourth-order valence-corrected chi connectivity index (χ4v) is 4.15. The predicted molar refractivity (Wildman–Crippen MR) is 135 cm³/mol. The van der Waals surface area contributed by atoms with E-state index < -0.39 is 0 Å². The summed E-state index contributed by atoms with van der Waals surface area (Å²) in [6.07, 6.45) is 2.00. The summed E-state index contributed by atoms with van der Waals surface area (Å²) < 4.78 is 9.44. The zero-order chi connectivity index (χ0) is 26.0. The summed E-state index contributed by atoms with van der Waals surface area (Å²) in [6, 6.07) is 13.7. The van der Waals surface area contributed by atoms with Crippen LogP contribution >= 0.6 is 0 Å². The van der Waals surface area contributed by atoms with E-state index in [0.29, 0.717) is 35.8 Å². The molecule has 4 rings (SSSR count). The van der Waals surface area contributed by atoms with Gasteiger partial charge in [-0.25, -0.2) is 9.59 Å². The van der Waals surface area contributed by atoms with Crippen LogP contribution in [0.3, 0.4) is 0 Å². The number of ether oxygens (including phenoxy) is 2. The van der Waals surface area contributed by atoms with Crippen LogP contribution in [0.4, 0.5) is 11.4 Å². The first-order chi connectivity index (χ1) is 18.0. The van der Waals surface area contributed by atoms with Crippen molar-refractivity contribution in [3.8, 4) is 0 Å². The number of benzene rings is 2. The lowest BCUT2D eigenvalue weighted by Crippen LogP contribution is -2.51. The number of methoxy groups -OCH3 is 2. The Hall–Kier alpha value is -3.90. The molecule has 2 aliphatic rings. The Kier molecular flexibility index (Phi) is 9.11. The van der Waals surface area contributed by atoms with Crippen molar-refractivity contribution in [1.29, 1.82) is 0 Å². The van der Waals surface area contributed by atoms with Crippen molar-refractivity contribution < 1.29 is 19.1 Å². The summed E-state index contributed by atoms with van der Waals surface area (Å²) in [5, 5.41) is 21.4. The molecule has 12 heteroatoms. The van der Waals surface area contributed by atoms with Crippen molar-refractivity contribution in [3.63, 3.8) is 0 Å². The van der Waals surface area contributed by atoms with Crippen molar-refractivity contribution in [2.45, 2.75) is 12.8 Å². The minimum absolute atomic E-state index is 0.373. The molecule has 0 saturated carbocycles. The van der Waals surface area contributed by atoms with Gasteiger partial charge >= 0.3 is 11.9 Å². The van der Waals surface area contributed by atoms with Crippen LogP contribution in [-0.2, 0) is 9.47 Å². The number of carbonyl (C=O) groups is 2. The van der Waals surface area contributed by atoms with Crippen LogP contribution < -0.4 is 0 Å². The monoisotopic (exact) mass is 508 g/mol. The van der Waals surface area contributed by atoms with E-state index in [0.717, 1.165) is 45.7 Å². The fourth-order valence-electron chi connectivity index (χ4n) is 4.15. The molecule has 37 heavy (non-hydrogen) atoms. The summed E-state index contributed by atoms with van der Waals surface area (Å²) in [6.45, 7) is 5.85. The average molecular weight is 509 g/mol. The Morgan fingerprint density at radius 1 is 0.676 bits per heavy atom. The summed E-state index contributed by atoms with van der Waals surface area (Å²) in [5.74, 6) is -0.746. The van der Waals surface area contributed by atoms with Crippen molar-refractivity contribution in [2.24, 2.45) is 20.7 Å². The van der Waals surface area contributed by atoms with Gasteiger partial charge < -0.3 is 9.47 Å². The van der Waals surface area contributed by atoms with Gasteiger partial charge in [-0.2, -0.15) is 0 Å². The third kappa shape index (κ3) is 7.54. The SMILES string of the molecule is COC(=O)c1ccc(N=NN2CCCN(CN3CCCN(N=Nc4ccc(C(=O)OC)cc4)C3)C2)cc1. The first-order valence-corrected chi connectivity index (χ1v) is 12.2. The first kappa shape index (κ1) is 26.2. The van der Waals surface area contributed by atoms with E-state index in [2.05, 4.69) is 30.5 Å². The van der Waals surface area contributed by atoms with Crippen LogP contribution in [0.5, 0.6) is 0 Å². The molecule has 0 aliphatic carbocycles. The van der Waals surface area contributed by atoms with Crippen LogP contribution in [0.15, 0.2) is 69.2 Å². The highest BCUT2D eigenvalue weighted by molar-refractivity contribution is 5.90. The van der Waals surface area contributed by atoms with Gasteiger partial charge in [0.25, 0.3) is 0 Å². The molecule has 0 bridgehead atoms. The second-order valence-electron chi connectivity index (χ2n) is 8.84. The highest BCUT2D eigenvalue weighted by Gasteiger charge is 2.22. The number of rotatable bonds is 8. The lowest BCUT2D eigenvalue weighted by molar-refractivity contribution is -0.00455. The van der Waals surface area contributed by atoms with Crippen molar-refractivity contribution >= 4 is 23.3 Å². The van der Waals surface area contributed by atoms with Crippen LogP contribution in [0.25, 0.3) is 0 Å². The van der Waals surface area contributed by atoms with E-state index in [9.17, 15) is 9.59 Å². The van der Waals surface area contributed by atoms with E-state index in [-0.39, 0.29) is 11.9 Å². The van der Waals surface area contributed by atoms with Gasteiger partial charge in [0, 0.05) is 26.2 Å². The molecule has 2 saturated heterocycles. The van der Waals surface area contributed by atoms with Crippen LogP contribution in [-0.4, -0.2) is 92.2 Å². The number of hydrogen-bond donors (Lipinski definition) is 0. The van der Waals surface area contributed by atoms with E-state index >= 15 is 0 Å². The molecule has 2 heterocycles. The molecule has 2 aromatic carbocycles. The molecule has 12 nitrogen and oxygen atoms in total. The third-order valence-electron chi connectivity index (χ3n) is 6.06. The van der Waals surface area contributed by atoms with Crippen LogP contribution in [0.1, 0.15) is 33.6 Å². The Bertz CT molecular complexity index is 1020. The quantitative estimate of drug-likeness (QED) is 0.390. The number of hydrogen-bond acceptors (Lipinski definition) is 10. The number of esters is 2. The number of carbonyl (C=O) groups excluding carboxylic acids is 2. The number of nitrogens with zero attached hydrogens (tertiary/aromatic N) is 8. The maximum absolute atomic E-state index is 11.6. The van der Waals surface area contributed by atoms with Gasteiger partial charge in [-0.3, -0.25) is 19.8 Å². The summed E-state index contributed by atoms with van der Waals surface area (Å²) in [4.78, 5) is 27.8. The summed E-state index contributed by atoms with van der Waals surface area (Å²) in [7, 11) is 2.72. The van der Waals surface area contributed by atoms with Crippen molar-refractivity contribution in [1.82, 2.24) is 19.8 Å². The molecule has 0 unspecified atom stereocenters. The van der Waals surface area contributed by atoms with Crippen molar-refractivity contribution in [3.05, 3.63) is 59.7 Å². The van der Waals surface area contributed by atoms with Gasteiger partial charge in [-0.05, 0) is 61.4 Å². The molecule has 196 valence electrons. The molecule has 0 N–H and O–H groups in total. The predicted octanol–water partition coefficient (Wildman–Crippen LogP) is 3.85. The fraction of sp³-hybridized carbons (Fsp3) is 0.440. The Morgan fingerprint density at radius 2 is 1.08 bits per heavy atom. The third-order valence-corrected chi connectivity index (χ3v) is 6.06. The van der Waals surface area contributed by atoms with E-state index in [1.54, 1.807) is 48.5 Å². The highest BCUT2D eigenvalue weighted by Crippen LogP contribution is 2.18. The molecule has 0 atom stereocenters. The summed E-state index contributed by atoms with van der Waals surface area (Å²) in [5.41, 5.74) is 2.33. The molecule has 0 aromatic heterocycles. The van der Waals surface area contributed by atoms with Gasteiger partial charge in [-0.1, -0.05) is 10.4 Å². The summed E-state index contributed by atoms with van der Waals surface area (Å²) >= 11 is 0. The highest BCUT2D eigenvalue weighted by atomic mass is 16.5. The smallest absolute Gasteiger partial charge is 0.337 e. The molecule has 2 aromatic rings. The minimum Gasteiger partial charge on any atom is -0.465 e. The van der Waals surface area contributed by atoms with Gasteiger partial charge in [0.05, 0.1) is 56.7 Å². The zero-order valence-electron chi connectivity index (χ0n) is 21.2. The van der Waals surface area contributed by atoms with Crippen molar-refractivity contribution in [2.75, 3.05) is 60.4 Å². The lowest BCUT2D eigenvalue weighted by atomic mass is 10.2. The standard InChI is InChI=1S/C25H32N8O4/c1-36-24(34)20-5-9-22(10-6-20)26-28-32-15-3-13-30(18-32)17-31-14-4-16-33(19-31)29-27-23-11-7-21(8-12-23)25(35)37-2/h5-12H,3-4,13-19H2,1-2H3. The van der Waals surface area contributed by atoms with E-state index in [4.69, 9.17) is 9.47 Å². The molecule has 0 spiro atoms. The van der Waals surface area contributed by atoms with Gasteiger partial charge in [0.15, 0.2) is 0 Å². The molecular weight excluding hydrogens is 476 g/mol. The topological polar surface area (TPSA) is 115 Å². The van der Waals surface area contributed by atoms with Gasteiger partial charge in [0.1, 0.15) is 0 Å². The minimum atomic E-state index is -0.373. The Morgan fingerprint density at radius 3 is 1.46 bits per heavy atom. The molecule has 2 aliphatic heterocycles. The second-order valence-corrected chi connectivity index (χ2v) is 8.84. The van der Waals surface area contributed by atoms with Gasteiger partial charge in [0.2, 0.25) is 0 Å². The lowest BCUT2D eigenvalue weighted by Gasteiger charge is -2.39. The first-order valence-electron chi connectivity index (χ1n) is 12.2. The Labute approximate surface area is 216 Å². The van der Waals surface area contributed by atoms with Crippen LogP contribution in [0, 0.1) is 0 Å². The molecule has 0 amide bonds. The Balaban J connectivity index is 1.26. The zero-order valence-corrected chi connectivity index (χ0v) is 21.2. The normalized spacial score (nSPS) is 17.5. The average Bonchev–Trinajstić information content (AvgIpc) is 2.95. The molecule has 2 fully saturated rings.